The normalized spacial score (nSPS) is 19.5. The molecule has 0 aromatic heterocycles. The van der Waals surface area contributed by atoms with Gasteiger partial charge in [-0.05, 0) is 63.9 Å². The zero-order chi connectivity index (χ0) is 41.2. The first kappa shape index (κ1) is 41.2. The maximum absolute atomic E-state index is 17.2. The number of rotatable bonds is 17. The second kappa shape index (κ2) is 19.7. The molecule has 60 heavy (non-hydrogen) atoms. The van der Waals surface area contributed by atoms with E-state index in [1.807, 2.05) is 140 Å². The number of hydrogen-bond donors (Lipinski definition) is 0. The molecule has 2 aliphatic heterocycles. The highest BCUT2D eigenvalue weighted by atomic mass is 19.3. The molecule has 2 aliphatic rings. The van der Waals surface area contributed by atoms with Gasteiger partial charge in [0, 0.05) is 18.1 Å². The van der Waals surface area contributed by atoms with Crippen LogP contribution in [-0.2, 0) is 58.2 Å². The van der Waals surface area contributed by atoms with Crippen LogP contribution in [0.3, 0.4) is 0 Å². The number of alkyl halides is 2. The van der Waals surface area contributed by atoms with Crippen molar-refractivity contribution in [2.24, 2.45) is 0 Å². The quantitative estimate of drug-likeness (QED) is 0.0909. The van der Waals surface area contributed by atoms with E-state index < -0.39 is 36.9 Å². The molecule has 310 valence electrons. The van der Waals surface area contributed by atoms with Gasteiger partial charge in [-0.25, -0.2) is 8.78 Å². The first-order valence-corrected chi connectivity index (χ1v) is 20.5. The van der Waals surface area contributed by atoms with Crippen molar-refractivity contribution in [3.63, 3.8) is 0 Å². The van der Waals surface area contributed by atoms with Gasteiger partial charge in [0.25, 0.3) is 0 Å². The largest absolute Gasteiger partial charge is 0.496 e. The Morgan fingerprint density at radius 3 is 1.87 bits per heavy atom. The Labute approximate surface area is 350 Å². The van der Waals surface area contributed by atoms with Gasteiger partial charge < -0.3 is 33.2 Å². The van der Waals surface area contributed by atoms with Crippen LogP contribution in [0, 0.1) is 0 Å². The maximum Gasteiger partial charge on any atom is 0.304 e. The summed E-state index contributed by atoms with van der Waals surface area (Å²) in [4.78, 5) is 0. The van der Waals surface area contributed by atoms with Crippen LogP contribution in [0.5, 0.6) is 17.2 Å². The van der Waals surface area contributed by atoms with E-state index in [9.17, 15) is 0 Å². The van der Waals surface area contributed by atoms with Crippen molar-refractivity contribution in [1.82, 2.24) is 0 Å². The third-order valence-corrected chi connectivity index (χ3v) is 11.0. The molecule has 0 saturated carbocycles. The first-order chi connectivity index (χ1) is 29.4. The monoisotopic (exact) mass is 812 g/mol. The number of ether oxygens (including phenoxy) is 7. The van der Waals surface area contributed by atoms with Crippen LogP contribution in [0.2, 0.25) is 0 Å². The molecular weight excluding hydrogens is 763 g/mol. The van der Waals surface area contributed by atoms with Crippen LogP contribution in [0.25, 0.3) is 0 Å². The highest BCUT2D eigenvalue weighted by Crippen LogP contribution is 2.48. The van der Waals surface area contributed by atoms with E-state index in [1.54, 1.807) is 7.11 Å². The van der Waals surface area contributed by atoms with E-state index in [0.29, 0.717) is 30.1 Å². The van der Waals surface area contributed by atoms with Gasteiger partial charge in [0.1, 0.15) is 42.2 Å². The van der Waals surface area contributed by atoms with Gasteiger partial charge >= 0.3 is 5.92 Å². The summed E-state index contributed by atoms with van der Waals surface area (Å²) in [5, 5.41) is 0. The highest BCUT2D eigenvalue weighted by molar-refractivity contribution is 5.51. The fourth-order valence-electron chi connectivity index (χ4n) is 7.85. The van der Waals surface area contributed by atoms with Crippen LogP contribution >= 0.6 is 0 Å². The van der Waals surface area contributed by atoms with Crippen LogP contribution in [-0.4, -0.2) is 44.6 Å². The van der Waals surface area contributed by atoms with Gasteiger partial charge in [0.2, 0.25) is 0 Å². The van der Waals surface area contributed by atoms with Crippen LogP contribution in [0.4, 0.5) is 8.78 Å². The van der Waals surface area contributed by atoms with Crippen molar-refractivity contribution in [1.29, 1.82) is 0 Å². The minimum Gasteiger partial charge on any atom is -0.496 e. The third kappa shape index (κ3) is 10.1. The Hall–Kier alpha value is -5.58. The lowest BCUT2D eigenvalue weighted by Crippen LogP contribution is -2.61. The van der Waals surface area contributed by atoms with Crippen molar-refractivity contribution in [2.75, 3.05) is 20.3 Å². The van der Waals surface area contributed by atoms with E-state index in [1.165, 1.54) is 0 Å². The predicted octanol–water partition coefficient (Wildman–Crippen LogP) is 10.7. The number of hydrogen-bond acceptors (Lipinski definition) is 7. The lowest BCUT2D eigenvalue weighted by Gasteiger charge is -2.46. The molecule has 0 amide bonds. The molecule has 6 aromatic rings. The van der Waals surface area contributed by atoms with E-state index in [2.05, 4.69) is 12.1 Å². The van der Waals surface area contributed by atoms with Crippen LogP contribution < -0.4 is 14.2 Å². The molecule has 1 fully saturated rings. The molecule has 0 N–H and O–H groups in total. The summed E-state index contributed by atoms with van der Waals surface area (Å²) in [5.74, 6) is -1.61. The predicted molar refractivity (Wildman–Crippen MR) is 226 cm³/mol. The molecule has 8 rings (SSSR count). The number of fused-ring (bicyclic) bond motifs is 1. The molecule has 0 bridgehead atoms. The molecule has 6 aromatic carbocycles. The minimum atomic E-state index is -3.53. The molecule has 0 spiro atoms. The van der Waals surface area contributed by atoms with Crippen molar-refractivity contribution in [3.8, 4) is 17.2 Å². The van der Waals surface area contributed by atoms with Gasteiger partial charge in [0.05, 0.1) is 40.1 Å². The summed E-state index contributed by atoms with van der Waals surface area (Å²) in [6, 6.07) is 48.1. The standard InChI is InChI=1S/C51H50F2O7/c1-54-45-30-46(57-32-37-17-8-3-9-18-37)43(29-42(45)28-40-24-25-44-41(27-40)23-14-26-56-44)48-49(58-33-38-19-10-4-11-20-38)50(59-34-39-21-12-5-13-22-39)51(52,53)47(60-48)35-55-31-36-15-6-2-7-16-36/h2-13,15-22,24-25,27,29-30,47-50H,14,23,26,28,31-35H2,1H3/t47-,48+,49+,50-/m1/s1. The van der Waals surface area contributed by atoms with E-state index >= 15 is 8.78 Å². The van der Waals surface area contributed by atoms with E-state index in [4.69, 9.17) is 33.2 Å². The lowest BCUT2D eigenvalue weighted by atomic mass is 9.88. The molecule has 7 nitrogen and oxygen atoms in total. The molecular formula is C51H50F2O7. The van der Waals surface area contributed by atoms with Crippen molar-refractivity contribution in [3.05, 3.63) is 196 Å². The topological polar surface area (TPSA) is 64.6 Å². The highest BCUT2D eigenvalue weighted by Gasteiger charge is 2.60. The van der Waals surface area contributed by atoms with Crippen molar-refractivity contribution < 1.29 is 41.9 Å². The fraction of sp³-hybridized carbons (Fsp3) is 0.294. The Morgan fingerprint density at radius 1 is 0.633 bits per heavy atom. The zero-order valence-corrected chi connectivity index (χ0v) is 33.7. The van der Waals surface area contributed by atoms with Gasteiger partial charge in [-0.2, -0.15) is 0 Å². The summed E-state index contributed by atoms with van der Waals surface area (Å²) < 4.78 is 78.6. The van der Waals surface area contributed by atoms with Crippen LogP contribution in [0.15, 0.2) is 152 Å². The van der Waals surface area contributed by atoms with Crippen molar-refractivity contribution in [2.45, 2.75) is 76.0 Å². The average Bonchev–Trinajstić information content (AvgIpc) is 3.29. The van der Waals surface area contributed by atoms with Gasteiger partial charge in [0.15, 0.2) is 6.10 Å². The Kier molecular flexibility index (Phi) is 13.5. The summed E-state index contributed by atoms with van der Waals surface area (Å²) in [7, 11) is 1.62. The second-order valence-electron chi connectivity index (χ2n) is 15.2. The van der Waals surface area contributed by atoms with Gasteiger partial charge in [-0.1, -0.05) is 133 Å². The molecule has 4 atom stereocenters. The third-order valence-electron chi connectivity index (χ3n) is 11.0. The fourth-order valence-corrected chi connectivity index (χ4v) is 7.85. The number of benzene rings is 6. The SMILES string of the molecule is COc1cc(OCc2ccccc2)c([C@@H]2O[C@H](COCc3ccccc3)C(F)(F)[C@H](OCc3ccccc3)[C@H]2OCc2ccccc2)cc1Cc1ccc2c(c1)CCCO2. The smallest absolute Gasteiger partial charge is 0.304 e. The Balaban J connectivity index is 1.22. The zero-order valence-electron chi connectivity index (χ0n) is 33.7. The summed E-state index contributed by atoms with van der Waals surface area (Å²) in [6.07, 6.45) is -3.41. The molecule has 9 heteroatoms. The molecule has 0 radical (unpaired) electrons. The Bertz CT molecular complexity index is 2260. The minimum absolute atomic E-state index is 0.0439. The van der Waals surface area contributed by atoms with Gasteiger partial charge in [-0.15, -0.1) is 0 Å². The maximum atomic E-state index is 17.2. The summed E-state index contributed by atoms with van der Waals surface area (Å²) in [5.41, 5.74) is 6.96. The number of aryl methyl sites for hydroxylation is 1. The van der Waals surface area contributed by atoms with Crippen LogP contribution in [0.1, 0.15) is 57.0 Å². The molecule has 0 unspecified atom stereocenters. The molecule has 2 heterocycles. The van der Waals surface area contributed by atoms with Crippen molar-refractivity contribution >= 4 is 0 Å². The van der Waals surface area contributed by atoms with E-state index in [-0.39, 0.29) is 26.4 Å². The lowest BCUT2D eigenvalue weighted by molar-refractivity contribution is -0.320. The summed E-state index contributed by atoms with van der Waals surface area (Å²) in [6.45, 7) is 0.643. The van der Waals surface area contributed by atoms with E-state index in [0.717, 1.165) is 57.5 Å². The first-order valence-electron chi connectivity index (χ1n) is 20.5. The molecule has 0 aliphatic carbocycles. The molecule has 1 saturated heterocycles. The van der Waals surface area contributed by atoms with Gasteiger partial charge in [-0.3, -0.25) is 0 Å². The summed E-state index contributed by atoms with van der Waals surface area (Å²) >= 11 is 0. The number of methoxy groups -OCH3 is 1. The Morgan fingerprint density at radius 2 is 1.23 bits per heavy atom. The number of halogens is 2. The second-order valence-corrected chi connectivity index (χ2v) is 15.2. The average molecular weight is 813 g/mol.